The van der Waals surface area contributed by atoms with Crippen molar-refractivity contribution in [3.8, 4) is 0 Å². The summed E-state index contributed by atoms with van der Waals surface area (Å²) < 4.78 is 38.6. The van der Waals surface area contributed by atoms with Crippen molar-refractivity contribution in [2.75, 3.05) is 36.0 Å². The standard InChI is InChI=1S/C18H17F3N6/c1-12-16(24-14-5-3-2-4-13(14)23-12)26-8-10-27(11-9-26)17-22-7-6-15(25-17)18(19,20)21/h2-7H,8-11H2,1H3. The molecule has 2 aromatic heterocycles. The highest BCUT2D eigenvalue weighted by Crippen LogP contribution is 2.28. The third-order valence-corrected chi connectivity index (χ3v) is 4.52. The van der Waals surface area contributed by atoms with Gasteiger partial charge >= 0.3 is 6.18 Å². The summed E-state index contributed by atoms with van der Waals surface area (Å²) in [7, 11) is 0. The molecule has 3 aromatic rings. The number of rotatable bonds is 2. The molecule has 1 saturated heterocycles. The molecule has 1 aromatic carbocycles. The molecule has 3 heterocycles. The lowest BCUT2D eigenvalue weighted by atomic mass is 10.2. The van der Waals surface area contributed by atoms with E-state index in [4.69, 9.17) is 4.98 Å². The third-order valence-electron chi connectivity index (χ3n) is 4.52. The number of aryl methyl sites for hydroxylation is 1. The molecule has 9 heteroatoms. The summed E-state index contributed by atoms with van der Waals surface area (Å²) in [6.07, 6.45) is -3.33. The molecular weight excluding hydrogens is 357 g/mol. The van der Waals surface area contributed by atoms with Crippen molar-refractivity contribution in [2.45, 2.75) is 13.1 Å². The number of alkyl halides is 3. The second-order valence-corrected chi connectivity index (χ2v) is 6.34. The summed E-state index contributed by atoms with van der Waals surface area (Å²) in [5, 5.41) is 0. The zero-order chi connectivity index (χ0) is 19.0. The van der Waals surface area contributed by atoms with Gasteiger partial charge in [-0.25, -0.2) is 19.9 Å². The summed E-state index contributed by atoms with van der Waals surface area (Å²) >= 11 is 0. The average Bonchev–Trinajstić information content (AvgIpc) is 2.67. The molecule has 0 unspecified atom stereocenters. The van der Waals surface area contributed by atoms with Gasteiger partial charge in [0.05, 0.1) is 16.7 Å². The van der Waals surface area contributed by atoms with Crippen LogP contribution < -0.4 is 9.80 Å². The van der Waals surface area contributed by atoms with Gasteiger partial charge in [0, 0.05) is 32.4 Å². The van der Waals surface area contributed by atoms with E-state index in [2.05, 4.69) is 19.9 Å². The maximum absolute atomic E-state index is 12.9. The van der Waals surface area contributed by atoms with Gasteiger partial charge < -0.3 is 9.80 Å². The van der Waals surface area contributed by atoms with E-state index < -0.39 is 11.9 Å². The number of halogens is 3. The Balaban J connectivity index is 1.52. The quantitative estimate of drug-likeness (QED) is 0.687. The Labute approximate surface area is 153 Å². The van der Waals surface area contributed by atoms with Gasteiger partial charge in [0.15, 0.2) is 5.82 Å². The minimum absolute atomic E-state index is 0.103. The van der Waals surface area contributed by atoms with Crippen LogP contribution in [0.25, 0.3) is 11.0 Å². The van der Waals surface area contributed by atoms with Gasteiger partial charge in [-0.2, -0.15) is 13.2 Å². The first kappa shape index (κ1) is 17.4. The molecule has 0 bridgehead atoms. The molecule has 0 amide bonds. The number of benzene rings is 1. The maximum Gasteiger partial charge on any atom is 0.433 e. The van der Waals surface area contributed by atoms with E-state index in [9.17, 15) is 13.2 Å². The monoisotopic (exact) mass is 374 g/mol. The van der Waals surface area contributed by atoms with E-state index in [1.807, 2.05) is 31.2 Å². The van der Waals surface area contributed by atoms with Crippen molar-refractivity contribution >= 4 is 22.8 Å². The summed E-state index contributed by atoms with van der Waals surface area (Å²) in [6, 6.07) is 8.55. The molecule has 0 atom stereocenters. The van der Waals surface area contributed by atoms with Crippen LogP contribution in [0.2, 0.25) is 0 Å². The van der Waals surface area contributed by atoms with Crippen molar-refractivity contribution in [3.05, 3.63) is 47.9 Å². The molecule has 27 heavy (non-hydrogen) atoms. The predicted molar refractivity (Wildman–Crippen MR) is 95.7 cm³/mol. The smallest absolute Gasteiger partial charge is 0.352 e. The van der Waals surface area contributed by atoms with Crippen molar-refractivity contribution < 1.29 is 13.2 Å². The number of anilines is 2. The van der Waals surface area contributed by atoms with Crippen LogP contribution in [-0.4, -0.2) is 46.1 Å². The fraction of sp³-hybridized carbons (Fsp3) is 0.333. The number of hydrogen-bond acceptors (Lipinski definition) is 6. The molecular formula is C18H17F3N6. The Bertz CT molecular complexity index is 967. The van der Waals surface area contributed by atoms with Crippen molar-refractivity contribution in [3.63, 3.8) is 0 Å². The highest BCUT2D eigenvalue weighted by Gasteiger charge is 2.33. The van der Waals surface area contributed by atoms with Gasteiger partial charge in [-0.05, 0) is 25.1 Å². The number of aromatic nitrogens is 4. The number of para-hydroxylation sites is 2. The lowest BCUT2D eigenvalue weighted by Gasteiger charge is -2.36. The molecule has 0 saturated carbocycles. The first-order chi connectivity index (χ1) is 12.9. The molecule has 4 rings (SSSR count). The Morgan fingerprint density at radius 2 is 1.48 bits per heavy atom. The van der Waals surface area contributed by atoms with Crippen LogP contribution in [0.15, 0.2) is 36.5 Å². The lowest BCUT2D eigenvalue weighted by Crippen LogP contribution is -2.47. The van der Waals surface area contributed by atoms with E-state index >= 15 is 0 Å². The molecule has 0 spiro atoms. The Morgan fingerprint density at radius 3 is 2.15 bits per heavy atom. The first-order valence-corrected chi connectivity index (χ1v) is 8.55. The van der Waals surface area contributed by atoms with Crippen LogP contribution in [0.3, 0.4) is 0 Å². The highest BCUT2D eigenvalue weighted by molar-refractivity contribution is 5.76. The molecule has 6 nitrogen and oxygen atoms in total. The Morgan fingerprint density at radius 1 is 0.852 bits per heavy atom. The van der Waals surface area contributed by atoms with Crippen LogP contribution >= 0.6 is 0 Å². The fourth-order valence-electron chi connectivity index (χ4n) is 3.16. The lowest BCUT2D eigenvalue weighted by molar-refractivity contribution is -0.141. The van der Waals surface area contributed by atoms with Gasteiger partial charge in [-0.3, -0.25) is 0 Å². The molecule has 1 aliphatic rings. The molecule has 0 N–H and O–H groups in total. The molecule has 1 aliphatic heterocycles. The van der Waals surface area contributed by atoms with E-state index in [-0.39, 0.29) is 5.95 Å². The van der Waals surface area contributed by atoms with E-state index in [0.717, 1.165) is 34.8 Å². The zero-order valence-electron chi connectivity index (χ0n) is 14.6. The van der Waals surface area contributed by atoms with E-state index in [1.165, 1.54) is 0 Å². The van der Waals surface area contributed by atoms with Gasteiger partial charge in [-0.1, -0.05) is 12.1 Å². The Hall–Kier alpha value is -2.97. The Kier molecular flexibility index (Phi) is 4.29. The average molecular weight is 374 g/mol. The molecule has 0 radical (unpaired) electrons. The van der Waals surface area contributed by atoms with Gasteiger partial charge in [0.25, 0.3) is 0 Å². The second kappa shape index (κ2) is 6.64. The summed E-state index contributed by atoms with van der Waals surface area (Å²) in [6.45, 7) is 4.14. The van der Waals surface area contributed by atoms with Crippen LogP contribution in [0.4, 0.5) is 24.9 Å². The van der Waals surface area contributed by atoms with Gasteiger partial charge in [0.2, 0.25) is 5.95 Å². The van der Waals surface area contributed by atoms with Crippen LogP contribution in [0, 0.1) is 6.92 Å². The van der Waals surface area contributed by atoms with Crippen molar-refractivity contribution in [1.82, 2.24) is 19.9 Å². The fourth-order valence-corrected chi connectivity index (χ4v) is 3.16. The maximum atomic E-state index is 12.9. The summed E-state index contributed by atoms with van der Waals surface area (Å²) in [5.74, 6) is 0.907. The number of nitrogens with zero attached hydrogens (tertiary/aromatic N) is 6. The van der Waals surface area contributed by atoms with Crippen molar-refractivity contribution in [1.29, 1.82) is 0 Å². The topological polar surface area (TPSA) is 58.0 Å². The van der Waals surface area contributed by atoms with Gasteiger partial charge in [-0.15, -0.1) is 0 Å². The highest BCUT2D eigenvalue weighted by atomic mass is 19.4. The van der Waals surface area contributed by atoms with E-state index in [0.29, 0.717) is 26.2 Å². The van der Waals surface area contributed by atoms with Crippen LogP contribution in [0.1, 0.15) is 11.4 Å². The normalized spacial score (nSPS) is 15.4. The molecule has 1 fully saturated rings. The van der Waals surface area contributed by atoms with Crippen LogP contribution in [-0.2, 0) is 6.18 Å². The molecule has 0 aliphatic carbocycles. The molecule has 140 valence electrons. The number of hydrogen-bond donors (Lipinski definition) is 0. The largest absolute Gasteiger partial charge is 0.433 e. The summed E-state index contributed by atoms with van der Waals surface area (Å²) in [4.78, 5) is 20.8. The number of fused-ring (bicyclic) bond motifs is 1. The predicted octanol–water partition coefficient (Wildman–Crippen LogP) is 3.07. The third kappa shape index (κ3) is 3.49. The van der Waals surface area contributed by atoms with E-state index in [1.54, 1.807) is 4.90 Å². The first-order valence-electron chi connectivity index (χ1n) is 8.55. The van der Waals surface area contributed by atoms with Crippen molar-refractivity contribution in [2.24, 2.45) is 0 Å². The second-order valence-electron chi connectivity index (χ2n) is 6.34. The minimum Gasteiger partial charge on any atom is -0.352 e. The van der Waals surface area contributed by atoms with Gasteiger partial charge in [0.1, 0.15) is 5.69 Å². The van der Waals surface area contributed by atoms with Crippen LogP contribution in [0.5, 0.6) is 0 Å². The minimum atomic E-state index is -4.47. The zero-order valence-corrected chi connectivity index (χ0v) is 14.6. The summed E-state index contributed by atoms with van der Waals surface area (Å²) in [5.41, 5.74) is 1.57. The SMILES string of the molecule is Cc1nc2ccccc2nc1N1CCN(c2nccc(C(F)(F)F)n2)CC1. The number of piperazine rings is 1.